The van der Waals surface area contributed by atoms with Gasteiger partial charge < -0.3 is 10.6 Å². The first-order chi connectivity index (χ1) is 11.3. The van der Waals surface area contributed by atoms with Gasteiger partial charge in [0.25, 0.3) is 0 Å². The first kappa shape index (κ1) is 16.3. The molecule has 1 atom stereocenters. The molecule has 23 heavy (non-hydrogen) atoms. The molecule has 1 aromatic carbocycles. The van der Waals surface area contributed by atoms with Gasteiger partial charge in [-0.25, -0.2) is 0 Å². The van der Waals surface area contributed by atoms with Gasteiger partial charge in [-0.05, 0) is 56.3 Å². The Bertz CT molecular complexity index is 597. The second-order valence-corrected chi connectivity index (χ2v) is 6.62. The minimum Gasteiger partial charge on any atom is -0.389 e. The van der Waals surface area contributed by atoms with Crippen LogP contribution >= 0.6 is 0 Å². The van der Waals surface area contributed by atoms with Crippen LogP contribution in [-0.2, 0) is 6.54 Å². The Labute approximate surface area is 140 Å². The smallest absolute Gasteiger partial charge is 0.0652 e. The molecule has 3 nitrogen and oxygen atoms in total. The van der Waals surface area contributed by atoms with Crippen LogP contribution in [0.5, 0.6) is 0 Å². The van der Waals surface area contributed by atoms with Crippen LogP contribution < -0.4 is 10.6 Å². The highest BCUT2D eigenvalue weighted by Gasteiger charge is 2.28. The molecule has 2 heterocycles. The van der Waals surface area contributed by atoms with Crippen LogP contribution in [0.2, 0.25) is 0 Å². The maximum atomic E-state index is 4.93. The van der Waals surface area contributed by atoms with Crippen molar-refractivity contribution in [2.24, 2.45) is 10.9 Å². The first-order valence-electron chi connectivity index (χ1n) is 9.06. The van der Waals surface area contributed by atoms with Crippen LogP contribution in [0.3, 0.4) is 0 Å². The average Bonchev–Trinajstić information content (AvgIpc) is 3.01. The molecule has 0 radical (unpaired) electrons. The van der Waals surface area contributed by atoms with Crippen molar-refractivity contribution in [1.29, 1.82) is 0 Å². The molecule has 0 amide bonds. The summed E-state index contributed by atoms with van der Waals surface area (Å²) < 4.78 is 0. The second kappa shape index (κ2) is 7.31. The van der Waals surface area contributed by atoms with Crippen LogP contribution in [0, 0.1) is 5.92 Å². The maximum Gasteiger partial charge on any atom is 0.0652 e. The lowest BCUT2D eigenvalue weighted by atomic mass is 9.83. The van der Waals surface area contributed by atoms with Gasteiger partial charge in [-0.1, -0.05) is 31.7 Å². The monoisotopic (exact) mass is 311 g/mol. The van der Waals surface area contributed by atoms with Gasteiger partial charge in [0, 0.05) is 23.7 Å². The first-order valence-corrected chi connectivity index (χ1v) is 9.06. The Kier molecular flexibility index (Phi) is 5.16. The Morgan fingerprint density at radius 3 is 2.83 bits per heavy atom. The van der Waals surface area contributed by atoms with Gasteiger partial charge in [-0.3, -0.25) is 4.99 Å². The quantitative estimate of drug-likeness (QED) is 0.842. The standard InChI is InChI=1S/C20H29N3/c1-4-16(14(3)22-5-2)20-18-8-6-7-17(19(18)13-23-20)15-9-11-21-12-10-15/h6-8,15-16,21-22H,3-5,9-13H2,1-2H3. The normalized spacial score (nSPS) is 19.1. The van der Waals surface area contributed by atoms with E-state index in [9.17, 15) is 0 Å². The summed E-state index contributed by atoms with van der Waals surface area (Å²) >= 11 is 0. The van der Waals surface area contributed by atoms with Crippen LogP contribution in [0.25, 0.3) is 0 Å². The number of piperidine rings is 1. The minimum atomic E-state index is 0.319. The van der Waals surface area contributed by atoms with Gasteiger partial charge in [-0.15, -0.1) is 0 Å². The van der Waals surface area contributed by atoms with Gasteiger partial charge >= 0.3 is 0 Å². The molecule has 0 bridgehead atoms. The van der Waals surface area contributed by atoms with Crippen molar-refractivity contribution in [2.45, 2.75) is 45.6 Å². The zero-order valence-electron chi connectivity index (χ0n) is 14.5. The Morgan fingerprint density at radius 2 is 2.13 bits per heavy atom. The molecule has 1 saturated heterocycles. The van der Waals surface area contributed by atoms with Crippen molar-refractivity contribution < 1.29 is 0 Å². The molecule has 1 unspecified atom stereocenters. The van der Waals surface area contributed by atoms with Gasteiger partial charge in [0.2, 0.25) is 0 Å². The molecular formula is C20H29N3. The molecule has 1 fully saturated rings. The molecule has 0 aromatic heterocycles. The largest absolute Gasteiger partial charge is 0.389 e. The lowest BCUT2D eigenvalue weighted by molar-refractivity contribution is 0.458. The molecule has 3 rings (SSSR count). The molecule has 124 valence electrons. The third kappa shape index (κ3) is 3.20. The molecule has 3 heteroatoms. The summed E-state index contributed by atoms with van der Waals surface area (Å²) in [6.45, 7) is 12.6. The summed E-state index contributed by atoms with van der Waals surface area (Å²) in [5, 5.41) is 6.87. The lowest BCUT2D eigenvalue weighted by Gasteiger charge is -2.25. The number of hydrogen-bond donors (Lipinski definition) is 2. The molecular weight excluding hydrogens is 282 g/mol. The number of fused-ring (bicyclic) bond motifs is 1. The summed E-state index contributed by atoms with van der Waals surface area (Å²) in [5.41, 5.74) is 6.72. The van der Waals surface area contributed by atoms with E-state index in [2.05, 4.69) is 49.3 Å². The minimum absolute atomic E-state index is 0.319. The predicted molar refractivity (Wildman–Crippen MR) is 98.1 cm³/mol. The van der Waals surface area contributed by atoms with Crippen LogP contribution in [0.4, 0.5) is 0 Å². The zero-order valence-corrected chi connectivity index (χ0v) is 14.5. The van der Waals surface area contributed by atoms with E-state index < -0.39 is 0 Å². The SMILES string of the molecule is C=C(NCC)C(CC)C1=NCc2c1cccc2C1CCNCC1. The highest BCUT2D eigenvalue weighted by molar-refractivity contribution is 6.06. The maximum absolute atomic E-state index is 4.93. The Balaban J connectivity index is 1.88. The fourth-order valence-electron chi connectivity index (χ4n) is 4.04. The second-order valence-electron chi connectivity index (χ2n) is 6.62. The third-order valence-electron chi connectivity index (χ3n) is 5.24. The molecule has 0 spiro atoms. The predicted octanol–water partition coefficient (Wildman–Crippen LogP) is 3.61. The van der Waals surface area contributed by atoms with Crippen LogP contribution in [-0.4, -0.2) is 25.3 Å². The van der Waals surface area contributed by atoms with E-state index in [0.717, 1.165) is 38.3 Å². The van der Waals surface area contributed by atoms with Crippen molar-refractivity contribution in [3.8, 4) is 0 Å². The molecule has 1 aromatic rings. The molecule has 2 aliphatic heterocycles. The fourth-order valence-corrected chi connectivity index (χ4v) is 4.04. The number of aliphatic imine (C=N–C) groups is 1. The highest BCUT2D eigenvalue weighted by atomic mass is 14.9. The number of hydrogen-bond acceptors (Lipinski definition) is 3. The van der Waals surface area contributed by atoms with Gasteiger partial charge in [0.15, 0.2) is 0 Å². The van der Waals surface area contributed by atoms with E-state index in [1.165, 1.54) is 35.2 Å². The number of allylic oxidation sites excluding steroid dienone is 1. The van der Waals surface area contributed by atoms with E-state index in [-0.39, 0.29) is 0 Å². The van der Waals surface area contributed by atoms with E-state index in [1.54, 1.807) is 0 Å². The number of benzene rings is 1. The van der Waals surface area contributed by atoms with Crippen molar-refractivity contribution in [3.05, 3.63) is 47.2 Å². The number of rotatable bonds is 6. The number of nitrogens with one attached hydrogen (secondary N) is 2. The van der Waals surface area contributed by atoms with E-state index >= 15 is 0 Å². The summed E-state index contributed by atoms with van der Waals surface area (Å²) in [7, 11) is 0. The van der Waals surface area contributed by atoms with Gasteiger partial charge in [0.1, 0.15) is 0 Å². The van der Waals surface area contributed by atoms with Crippen LogP contribution in [0.15, 0.2) is 35.5 Å². The Hall–Kier alpha value is -1.61. The number of nitrogens with zero attached hydrogens (tertiary/aromatic N) is 1. The van der Waals surface area contributed by atoms with Crippen molar-refractivity contribution in [3.63, 3.8) is 0 Å². The summed E-state index contributed by atoms with van der Waals surface area (Å²) in [6.07, 6.45) is 3.53. The third-order valence-corrected chi connectivity index (χ3v) is 5.24. The molecule has 2 aliphatic rings. The summed E-state index contributed by atoms with van der Waals surface area (Å²) in [5.74, 6) is 1.01. The summed E-state index contributed by atoms with van der Waals surface area (Å²) in [6, 6.07) is 6.81. The Morgan fingerprint density at radius 1 is 1.35 bits per heavy atom. The lowest BCUT2D eigenvalue weighted by Crippen LogP contribution is -2.27. The van der Waals surface area contributed by atoms with Crippen LogP contribution in [0.1, 0.15) is 55.7 Å². The van der Waals surface area contributed by atoms with Crippen molar-refractivity contribution >= 4 is 5.71 Å². The van der Waals surface area contributed by atoms with Crippen molar-refractivity contribution in [1.82, 2.24) is 10.6 Å². The van der Waals surface area contributed by atoms with E-state index in [4.69, 9.17) is 4.99 Å². The molecule has 0 saturated carbocycles. The van der Waals surface area contributed by atoms with Gasteiger partial charge in [-0.2, -0.15) is 0 Å². The molecule has 0 aliphatic carbocycles. The fraction of sp³-hybridized carbons (Fsp3) is 0.550. The summed E-state index contributed by atoms with van der Waals surface area (Å²) in [4.78, 5) is 4.93. The average molecular weight is 311 g/mol. The van der Waals surface area contributed by atoms with E-state index in [0.29, 0.717) is 11.8 Å². The van der Waals surface area contributed by atoms with E-state index in [1.807, 2.05) is 0 Å². The highest BCUT2D eigenvalue weighted by Crippen LogP contribution is 2.35. The molecule has 2 N–H and O–H groups in total. The van der Waals surface area contributed by atoms with Crippen molar-refractivity contribution in [2.75, 3.05) is 19.6 Å². The zero-order chi connectivity index (χ0) is 16.2. The van der Waals surface area contributed by atoms with Gasteiger partial charge in [0.05, 0.1) is 12.3 Å². The topological polar surface area (TPSA) is 36.4 Å².